The zero-order valence-corrected chi connectivity index (χ0v) is 22.3. The van der Waals surface area contributed by atoms with E-state index in [1.54, 1.807) is 28.5 Å². The predicted octanol–water partition coefficient (Wildman–Crippen LogP) is 3.85. The maximum Gasteiger partial charge on any atom is 0.270 e. The lowest BCUT2D eigenvalue weighted by Gasteiger charge is -2.36. The van der Waals surface area contributed by atoms with Crippen molar-refractivity contribution in [2.75, 3.05) is 38.1 Å². The maximum absolute atomic E-state index is 13.4. The SMILES string of the molecule is CCn1c(N2CCN(C)CC2)c(/C=C2\SC(=S)N(Cc3ccccc3Cl)C2=O)c(C)c(C#N)c1=O. The maximum atomic E-state index is 13.4. The van der Waals surface area contributed by atoms with E-state index >= 15 is 0 Å². The number of benzene rings is 1. The van der Waals surface area contributed by atoms with Crippen LogP contribution in [0.4, 0.5) is 5.82 Å². The molecule has 1 amide bonds. The number of rotatable bonds is 5. The number of likely N-dealkylation sites (N-methyl/N-ethyl adjacent to an activating group) is 1. The number of thiocarbonyl (C=S) groups is 1. The lowest BCUT2D eigenvalue weighted by molar-refractivity contribution is -0.122. The third kappa shape index (κ3) is 4.89. The number of carbonyl (C=O) groups is 1. The van der Waals surface area contributed by atoms with Crippen LogP contribution in [0.3, 0.4) is 0 Å². The van der Waals surface area contributed by atoms with Gasteiger partial charge in [0.15, 0.2) is 0 Å². The van der Waals surface area contributed by atoms with Crippen LogP contribution < -0.4 is 10.5 Å². The fourth-order valence-corrected chi connectivity index (χ4v) is 5.79. The van der Waals surface area contributed by atoms with Gasteiger partial charge in [0.2, 0.25) is 0 Å². The molecule has 0 N–H and O–H groups in total. The highest BCUT2D eigenvalue weighted by Crippen LogP contribution is 2.37. The average molecular weight is 528 g/mol. The van der Waals surface area contributed by atoms with Crippen LogP contribution in [0, 0.1) is 18.3 Å². The molecule has 10 heteroatoms. The van der Waals surface area contributed by atoms with E-state index in [0.717, 1.165) is 37.6 Å². The van der Waals surface area contributed by atoms with Crippen LogP contribution in [-0.2, 0) is 17.9 Å². The Kier molecular flexibility index (Phi) is 7.67. The zero-order valence-electron chi connectivity index (χ0n) is 19.9. The second kappa shape index (κ2) is 10.5. The number of halogens is 1. The van der Waals surface area contributed by atoms with E-state index in [1.165, 1.54) is 11.8 Å². The van der Waals surface area contributed by atoms with Gasteiger partial charge in [-0.1, -0.05) is 53.8 Å². The van der Waals surface area contributed by atoms with Gasteiger partial charge in [-0.3, -0.25) is 19.1 Å². The summed E-state index contributed by atoms with van der Waals surface area (Å²) in [5, 5.41) is 10.3. The lowest BCUT2D eigenvalue weighted by Crippen LogP contribution is -2.47. The monoisotopic (exact) mass is 527 g/mol. The first-order valence-corrected chi connectivity index (χ1v) is 13.0. The molecule has 0 unspecified atom stereocenters. The van der Waals surface area contributed by atoms with E-state index in [1.807, 2.05) is 25.1 Å². The standard InChI is InChI=1S/C25H26ClN5O2S2/c1-4-30-22(29-11-9-28(3)10-12-29)18(16(2)19(14-27)23(30)32)13-21-24(33)31(25(34)35-21)15-17-7-5-6-8-20(17)26/h5-8,13H,4,9-12,15H2,1-3H3/b21-13-. The van der Waals surface area contributed by atoms with Crippen LogP contribution in [0.5, 0.6) is 0 Å². The quantitative estimate of drug-likeness (QED) is 0.432. The molecule has 0 saturated carbocycles. The molecule has 1 aromatic heterocycles. The topological polar surface area (TPSA) is 72.6 Å². The minimum absolute atomic E-state index is 0.0996. The van der Waals surface area contributed by atoms with E-state index in [4.69, 9.17) is 23.8 Å². The fourth-order valence-electron chi connectivity index (χ4n) is 4.36. The average Bonchev–Trinajstić information content (AvgIpc) is 3.10. The molecular formula is C25H26ClN5O2S2. The Hall–Kier alpha value is -2.64. The van der Waals surface area contributed by atoms with Crippen LogP contribution in [0.15, 0.2) is 34.0 Å². The molecular weight excluding hydrogens is 502 g/mol. The number of anilines is 1. The number of carbonyl (C=O) groups excluding carboxylic acids is 1. The molecule has 2 aromatic rings. The highest BCUT2D eigenvalue weighted by atomic mass is 35.5. The second-order valence-electron chi connectivity index (χ2n) is 8.55. The summed E-state index contributed by atoms with van der Waals surface area (Å²) in [5.74, 6) is 0.537. The van der Waals surface area contributed by atoms with Crippen molar-refractivity contribution < 1.29 is 4.79 Å². The van der Waals surface area contributed by atoms with E-state index < -0.39 is 0 Å². The molecule has 0 aliphatic carbocycles. The van der Waals surface area contributed by atoms with Gasteiger partial charge in [-0.15, -0.1) is 0 Å². The lowest BCUT2D eigenvalue weighted by atomic mass is 10.0. The number of nitriles is 1. The van der Waals surface area contributed by atoms with Gasteiger partial charge in [-0.05, 0) is 44.2 Å². The number of nitrogens with zero attached hydrogens (tertiary/aromatic N) is 5. The Labute approximate surface area is 219 Å². The Balaban J connectivity index is 1.80. The first-order valence-electron chi connectivity index (χ1n) is 11.4. The van der Waals surface area contributed by atoms with Gasteiger partial charge in [-0.2, -0.15) is 5.26 Å². The van der Waals surface area contributed by atoms with Crippen molar-refractivity contribution in [1.29, 1.82) is 5.26 Å². The van der Waals surface area contributed by atoms with E-state index in [9.17, 15) is 14.9 Å². The van der Waals surface area contributed by atoms with Gasteiger partial charge >= 0.3 is 0 Å². The van der Waals surface area contributed by atoms with E-state index in [0.29, 0.717) is 31.9 Å². The molecule has 3 heterocycles. The second-order valence-corrected chi connectivity index (χ2v) is 10.6. The molecule has 0 bridgehead atoms. The molecule has 1 aromatic carbocycles. The third-order valence-corrected chi connectivity index (χ3v) is 8.15. The van der Waals surface area contributed by atoms with Crippen molar-refractivity contribution in [3.8, 4) is 6.07 Å². The van der Waals surface area contributed by atoms with Gasteiger partial charge in [0, 0.05) is 43.3 Å². The van der Waals surface area contributed by atoms with Crippen molar-refractivity contribution in [1.82, 2.24) is 14.4 Å². The van der Waals surface area contributed by atoms with Crippen molar-refractivity contribution in [2.24, 2.45) is 0 Å². The highest BCUT2D eigenvalue weighted by Gasteiger charge is 2.34. The molecule has 2 aliphatic rings. The van der Waals surface area contributed by atoms with Crippen LogP contribution >= 0.6 is 35.6 Å². The van der Waals surface area contributed by atoms with Crippen LogP contribution in [0.25, 0.3) is 6.08 Å². The smallest absolute Gasteiger partial charge is 0.270 e. The molecule has 0 atom stereocenters. The molecule has 35 heavy (non-hydrogen) atoms. The molecule has 0 radical (unpaired) electrons. The molecule has 7 nitrogen and oxygen atoms in total. The Morgan fingerprint density at radius 2 is 1.89 bits per heavy atom. The zero-order chi connectivity index (χ0) is 25.3. The van der Waals surface area contributed by atoms with Gasteiger partial charge in [-0.25, -0.2) is 0 Å². The molecule has 4 rings (SSSR count). The Bertz CT molecular complexity index is 1320. The molecule has 0 spiro atoms. The Morgan fingerprint density at radius 3 is 2.51 bits per heavy atom. The van der Waals surface area contributed by atoms with Gasteiger partial charge in [0.1, 0.15) is 21.8 Å². The van der Waals surface area contributed by atoms with Crippen LogP contribution in [0.1, 0.15) is 29.2 Å². The fraction of sp³-hybridized carbons (Fsp3) is 0.360. The number of amides is 1. The number of hydrogen-bond acceptors (Lipinski definition) is 7. The summed E-state index contributed by atoms with van der Waals surface area (Å²) in [6.07, 6.45) is 1.79. The van der Waals surface area contributed by atoms with Gasteiger partial charge in [0.25, 0.3) is 11.5 Å². The largest absolute Gasteiger partial charge is 0.355 e. The van der Waals surface area contributed by atoms with Gasteiger partial charge < -0.3 is 9.80 Å². The molecule has 2 saturated heterocycles. The number of pyridine rings is 1. The summed E-state index contributed by atoms with van der Waals surface area (Å²) in [7, 11) is 2.07. The Morgan fingerprint density at radius 1 is 1.20 bits per heavy atom. The van der Waals surface area contributed by atoms with Gasteiger partial charge in [0.05, 0.1) is 11.4 Å². The normalized spacial score (nSPS) is 18.0. The number of hydrogen-bond donors (Lipinski definition) is 0. The molecule has 182 valence electrons. The number of piperazine rings is 1. The summed E-state index contributed by atoms with van der Waals surface area (Å²) in [6, 6.07) is 9.45. The van der Waals surface area contributed by atoms with Crippen molar-refractivity contribution in [3.63, 3.8) is 0 Å². The minimum Gasteiger partial charge on any atom is -0.355 e. The first-order chi connectivity index (χ1) is 16.8. The third-order valence-electron chi connectivity index (χ3n) is 6.40. The van der Waals surface area contributed by atoms with Crippen LogP contribution in [-0.4, -0.2) is 57.8 Å². The van der Waals surface area contributed by atoms with Crippen molar-refractivity contribution in [3.05, 3.63) is 66.8 Å². The predicted molar refractivity (Wildman–Crippen MR) is 146 cm³/mol. The molecule has 2 fully saturated rings. The minimum atomic E-state index is -0.301. The van der Waals surface area contributed by atoms with E-state index in [-0.39, 0.29) is 23.6 Å². The first kappa shape index (κ1) is 25.5. The van der Waals surface area contributed by atoms with Crippen molar-refractivity contribution in [2.45, 2.75) is 26.9 Å². The number of aromatic nitrogens is 1. The van der Waals surface area contributed by atoms with E-state index in [2.05, 4.69) is 22.9 Å². The van der Waals surface area contributed by atoms with Crippen LogP contribution in [0.2, 0.25) is 5.02 Å². The summed E-state index contributed by atoms with van der Waals surface area (Å²) < 4.78 is 2.09. The summed E-state index contributed by atoms with van der Waals surface area (Å²) in [5.41, 5.74) is 1.90. The summed E-state index contributed by atoms with van der Waals surface area (Å²) in [4.78, 5) is 33.0. The summed E-state index contributed by atoms with van der Waals surface area (Å²) in [6.45, 7) is 7.58. The summed E-state index contributed by atoms with van der Waals surface area (Å²) >= 11 is 13.1. The molecule has 2 aliphatic heterocycles. The number of thioether (sulfide) groups is 1. The highest BCUT2D eigenvalue weighted by molar-refractivity contribution is 8.26. The van der Waals surface area contributed by atoms with Crippen molar-refractivity contribution >= 4 is 57.7 Å².